The van der Waals surface area contributed by atoms with Crippen molar-refractivity contribution in [3.63, 3.8) is 0 Å². The minimum Gasteiger partial charge on any atom is -0.341 e. The van der Waals surface area contributed by atoms with Crippen LogP contribution < -0.4 is 4.90 Å². The van der Waals surface area contributed by atoms with Crippen LogP contribution in [-0.2, 0) is 12.2 Å². The molecule has 0 bridgehead atoms. The van der Waals surface area contributed by atoms with E-state index >= 15 is 0 Å². The van der Waals surface area contributed by atoms with Crippen LogP contribution >= 0.6 is 11.8 Å². The van der Waals surface area contributed by atoms with E-state index in [0.29, 0.717) is 17.6 Å². The van der Waals surface area contributed by atoms with Gasteiger partial charge in [0.2, 0.25) is 11.8 Å². The summed E-state index contributed by atoms with van der Waals surface area (Å²) in [5.74, 6) is 3.39. The normalized spacial score (nSPS) is 14.4. The minimum atomic E-state index is 0.505. The van der Waals surface area contributed by atoms with Crippen molar-refractivity contribution in [2.45, 2.75) is 50.9 Å². The SMILES string of the molecule is Cc1ccc(-n2c(SCc3nc(CC(C)C)no3)nnc2N2CCCC2)cc1. The maximum absolute atomic E-state index is 5.41. The second-order valence-electron chi connectivity index (χ2n) is 7.64. The van der Waals surface area contributed by atoms with Crippen LogP contribution in [-0.4, -0.2) is 38.0 Å². The van der Waals surface area contributed by atoms with E-state index in [1.807, 2.05) is 0 Å². The summed E-state index contributed by atoms with van der Waals surface area (Å²) >= 11 is 1.58. The number of rotatable bonds is 7. The molecule has 4 rings (SSSR count). The number of anilines is 1. The fraction of sp³-hybridized carbons (Fsp3) is 0.500. The van der Waals surface area contributed by atoms with E-state index in [1.54, 1.807) is 11.8 Å². The lowest BCUT2D eigenvalue weighted by atomic mass is 10.1. The van der Waals surface area contributed by atoms with Gasteiger partial charge in [-0.3, -0.25) is 4.57 Å². The molecule has 3 aromatic rings. The molecule has 1 saturated heterocycles. The number of aryl methyl sites for hydroxylation is 1. The summed E-state index contributed by atoms with van der Waals surface area (Å²) in [5.41, 5.74) is 2.31. The molecule has 1 aliphatic heterocycles. The Morgan fingerprint density at radius 3 is 2.57 bits per heavy atom. The predicted molar refractivity (Wildman–Crippen MR) is 110 cm³/mol. The van der Waals surface area contributed by atoms with Gasteiger partial charge >= 0.3 is 0 Å². The van der Waals surface area contributed by atoms with E-state index in [9.17, 15) is 0 Å². The molecule has 1 aromatic carbocycles. The molecule has 1 aliphatic rings. The van der Waals surface area contributed by atoms with Gasteiger partial charge in [-0.2, -0.15) is 4.98 Å². The first-order valence-electron chi connectivity index (χ1n) is 9.82. The number of hydrogen-bond acceptors (Lipinski definition) is 7. The summed E-state index contributed by atoms with van der Waals surface area (Å²) in [6, 6.07) is 8.48. The lowest BCUT2D eigenvalue weighted by molar-refractivity contribution is 0.382. The number of thioether (sulfide) groups is 1. The summed E-state index contributed by atoms with van der Waals surface area (Å²) in [6.07, 6.45) is 3.22. The van der Waals surface area contributed by atoms with E-state index in [0.717, 1.165) is 42.1 Å². The predicted octanol–water partition coefficient (Wildman–Crippen LogP) is 4.05. The third-order valence-electron chi connectivity index (χ3n) is 4.72. The Labute approximate surface area is 169 Å². The lowest BCUT2D eigenvalue weighted by Gasteiger charge is -2.18. The van der Waals surface area contributed by atoms with Crippen LogP contribution in [0, 0.1) is 12.8 Å². The molecule has 148 valence electrons. The molecule has 3 heterocycles. The first-order valence-corrected chi connectivity index (χ1v) is 10.8. The Morgan fingerprint density at radius 1 is 1.11 bits per heavy atom. The molecule has 0 amide bonds. The summed E-state index contributed by atoms with van der Waals surface area (Å²) in [7, 11) is 0. The van der Waals surface area contributed by atoms with Gasteiger partial charge in [0.05, 0.1) is 11.4 Å². The van der Waals surface area contributed by atoms with Gasteiger partial charge in [0.25, 0.3) is 0 Å². The topological polar surface area (TPSA) is 72.9 Å². The summed E-state index contributed by atoms with van der Waals surface area (Å²) in [4.78, 5) is 6.81. The third-order valence-corrected chi connectivity index (χ3v) is 5.64. The molecule has 0 N–H and O–H groups in total. The maximum atomic E-state index is 5.41. The van der Waals surface area contributed by atoms with Gasteiger partial charge < -0.3 is 9.42 Å². The highest BCUT2D eigenvalue weighted by Crippen LogP contribution is 2.30. The highest BCUT2D eigenvalue weighted by atomic mass is 32.2. The van der Waals surface area contributed by atoms with E-state index in [1.165, 1.54) is 18.4 Å². The Morgan fingerprint density at radius 2 is 1.86 bits per heavy atom. The summed E-state index contributed by atoms with van der Waals surface area (Å²) in [5, 5.41) is 13.9. The van der Waals surface area contributed by atoms with Crippen molar-refractivity contribution in [2.24, 2.45) is 5.92 Å². The standard InChI is InChI=1S/C20H26N6OS/c1-14(2)12-17-21-18(27-24-17)13-28-20-23-22-19(25-10-4-5-11-25)26(20)16-8-6-15(3)7-9-16/h6-9,14H,4-5,10-13H2,1-3H3. The largest absolute Gasteiger partial charge is 0.341 e. The summed E-state index contributed by atoms with van der Waals surface area (Å²) in [6.45, 7) is 8.44. The zero-order valence-corrected chi connectivity index (χ0v) is 17.4. The molecule has 7 nitrogen and oxygen atoms in total. The van der Waals surface area contributed by atoms with Crippen LogP contribution in [0.15, 0.2) is 33.9 Å². The van der Waals surface area contributed by atoms with Gasteiger partial charge in [0.1, 0.15) is 0 Å². The van der Waals surface area contributed by atoms with Crippen molar-refractivity contribution in [1.82, 2.24) is 24.9 Å². The van der Waals surface area contributed by atoms with Crippen molar-refractivity contribution in [1.29, 1.82) is 0 Å². The Bertz CT molecular complexity index is 911. The van der Waals surface area contributed by atoms with Crippen LogP contribution in [0.4, 0.5) is 5.95 Å². The molecular formula is C20H26N6OS. The van der Waals surface area contributed by atoms with Gasteiger partial charge in [0, 0.05) is 19.5 Å². The van der Waals surface area contributed by atoms with Crippen molar-refractivity contribution < 1.29 is 4.52 Å². The fourth-order valence-electron chi connectivity index (χ4n) is 3.32. The number of nitrogens with zero attached hydrogens (tertiary/aromatic N) is 6. The van der Waals surface area contributed by atoms with Gasteiger partial charge in [-0.15, -0.1) is 10.2 Å². The molecule has 0 saturated carbocycles. The Balaban J connectivity index is 1.57. The van der Waals surface area contributed by atoms with Gasteiger partial charge in [-0.1, -0.05) is 48.5 Å². The van der Waals surface area contributed by atoms with E-state index in [2.05, 4.69) is 74.8 Å². The molecule has 0 aliphatic carbocycles. The zero-order chi connectivity index (χ0) is 19.5. The van der Waals surface area contributed by atoms with Crippen molar-refractivity contribution in [2.75, 3.05) is 18.0 Å². The third kappa shape index (κ3) is 4.22. The van der Waals surface area contributed by atoms with Crippen LogP contribution in [0.25, 0.3) is 5.69 Å². The van der Waals surface area contributed by atoms with Crippen LogP contribution in [0.2, 0.25) is 0 Å². The first-order chi connectivity index (χ1) is 13.6. The van der Waals surface area contributed by atoms with E-state index in [4.69, 9.17) is 4.52 Å². The maximum Gasteiger partial charge on any atom is 0.237 e. The molecule has 2 aromatic heterocycles. The fourth-order valence-corrected chi connectivity index (χ4v) is 4.11. The second-order valence-corrected chi connectivity index (χ2v) is 8.58. The highest BCUT2D eigenvalue weighted by Gasteiger charge is 2.23. The van der Waals surface area contributed by atoms with E-state index < -0.39 is 0 Å². The average molecular weight is 399 g/mol. The van der Waals surface area contributed by atoms with Crippen molar-refractivity contribution in [3.8, 4) is 5.69 Å². The van der Waals surface area contributed by atoms with E-state index in [-0.39, 0.29) is 0 Å². The van der Waals surface area contributed by atoms with Gasteiger partial charge in [-0.25, -0.2) is 0 Å². The second kappa shape index (κ2) is 8.34. The molecule has 0 spiro atoms. The van der Waals surface area contributed by atoms with Crippen LogP contribution in [0.3, 0.4) is 0 Å². The van der Waals surface area contributed by atoms with Gasteiger partial charge in [-0.05, 0) is 37.8 Å². The van der Waals surface area contributed by atoms with Crippen LogP contribution in [0.1, 0.15) is 44.0 Å². The molecule has 1 fully saturated rings. The number of hydrogen-bond donors (Lipinski definition) is 0. The Hall–Kier alpha value is -2.35. The molecule has 0 radical (unpaired) electrons. The number of benzene rings is 1. The number of aromatic nitrogens is 5. The minimum absolute atomic E-state index is 0.505. The molecule has 0 atom stereocenters. The smallest absolute Gasteiger partial charge is 0.237 e. The van der Waals surface area contributed by atoms with Crippen molar-refractivity contribution in [3.05, 3.63) is 41.5 Å². The van der Waals surface area contributed by atoms with Crippen LogP contribution in [0.5, 0.6) is 0 Å². The molecule has 8 heteroatoms. The zero-order valence-electron chi connectivity index (χ0n) is 16.6. The lowest BCUT2D eigenvalue weighted by Crippen LogP contribution is -2.22. The molecule has 0 unspecified atom stereocenters. The highest BCUT2D eigenvalue weighted by molar-refractivity contribution is 7.98. The molecular weight excluding hydrogens is 372 g/mol. The van der Waals surface area contributed by atoms with Gasteiger partial charge in [0.15, 0.2) is 11.0 Å². The first kappa shape index (κ1) is 19.0. The summed E-state index contributed by atoms with van der Waals surface area (Å²) < 4.78 is 7.55. The monoisotopic (exact) mass is 398 g/mol. The quantitative estimate of drug-likeness (QED) is 0.556. The molecule has 28 heavy (non-hydrogen) atoms. The van der Waals surface area contributed by atoms with Crippen molar-refractivity contribution >= 4 is 17.7 Å². The Kier molecular flexibility index (Phi) is 5.66. The average Bonchev–Trinajstić information content (AvgIpc) is 3.41.